The molecule has 20 heavy (non-hydrogen) atoms. The highest BCUT2D eigenvalue weighted by Crippen LogP contribution is 2.30. The van der Waals surface area contributed by atoms with Gasteiger partial charge in [-0.2, -0.15) is 11.8 Å². The first-order valence-electron chi connectivity index (χ1n) is 5.94. The molecule has 2 amide bonds. The molecule has 3 N–H and O–H groups in total. The van der Waals surface area contributed by atoms with Crippen LogP contribution in [0.5, 0.6) is 5.75 Å². The monoisotopic (exact) mass is 316 g/mol. The minimum atomic E-state index is -0.368. The first kappa shape index (κ1) is 16.7. The molecule has 7 heteroatoms. The van der Waals surface area contributed by atoms with Crippen molar-refractivity contribution in [2.24, 2.45) is 5.73 Å². The lowest BCUT2D eigenvalue weighted by Gasteiger charge is -2.12. The molecule has 5 nitrogen and oxygen atoms in total. The molecular weight excluding hydrogens is 300 g/mol. The summed E-state index contributed by atoms with van der Waals surface area (Å²) in [6.07, 6.45) is 0.265. The number of primary amides is 1. The Hall–Kier alpha value is -1.40. The van der Waals surface area contributed by atoms with Crippen molar-refractivity contribution in [2.45, 2.75) is 13.3 Å². The number of aryl methyl sites for hydroxylation is 1. The van der Waals surface area contributed by atoms with Gasteiger partial charge in [-0.05, 0) is 18.6 Å². The van der Waals surface area contributed by atoms with Crippen molar-refractivity contribution in [1.29, 1.82) is 0 Å². The van der Waals surface area contributed by atoms with Gasteiger partial charge in [0.05, 0.1) is 18.6 Å². The van der Waals surface area contributed by atoms with E-state index in [-0.39, 0.29) is 24.0 Å². The van der Waals surface area contributed by atoms with Gasteiger partial charge in [-0.25, -0.2) is 0 Å². The summed E-state index contributed by atoms with van der Waals surface area (Å²) in [5, 5.41) is 3.34. The van der Waals surface area contributed by atoms with Crippen molar-refractivity contribution >= 4 is 40.9 Å². The molecule has 0 saturated carbocycles. The fraction of sp³-hybridized carbons (Fsp3) is 0.385. The Morgan fingerprint density at radius 3 is 2.75 bits per heavy atom. The van der Waals surface area contributed by atoms with E-state index >= 15 is 0 Å². The molecule has 0 aliphatic heterocycles. The molecule has 0 radical (unpaired) electrons. The van der Waals surface area contributed by atoms with Crippen LogP contribution in [0.4, 0.5) is 5.69 Å². The third kappa shape index (κ3) is 5.30. The van der Waals surface area contributed by atoms with Gasteiger partial charge in [0, 0.05) is 23.3 Å². The molecule has 0 saturated heterocycles. The molecular formula is C13H17ClN2O3S. The van der Waals surface area contributed by atoms with Crippen LogP contribution in [0.15, 0.2) is 12.1 Å². The Morgan fingerprint density at radius 1 is 1.45 bits per heavy atom. The fourth-order valence-corrected chi connectivity index (χ4v) is 2.35. The van der Waals surface area contributed by atoms with Crippen LogP contribution in [0, 0.1) is 6.92 Å². The van der Waals surface area contributed by atoms with E-state index in [2.05, 4.69) is 5.32 Å². The number of nitrogens with one attached hydrogen (secondary N) is 1. The average Bonchev–Trinajstić information content (AvgIpc) is 2.38. The zero-order valence-corrected chi connectivity index (χ0v) is 12.9. The summed E-state index contributed by atoms with van der Waals surface area (Å²) in [5.74, 6) is 0.751. The number of nitrogens with two attached hydrogens (primary N) is 1. The molecule has 1 aromatic carbocycles. The van der Waals surface area contributed by atoms with E-state index < -0.39 is 0 Å². The van der Waals surface area contributed by atoms with Crippen molar-refractivity contribution in [3.63, 3.8) is 0 Å². The van der Waals surface area contributed by atoms with E-state index in [0.717, 1.165) is 5.56 Å². The third-order valence-corrected chi connectivity index (χ3v) is 3.85. The Bertz CT molecular complexity index is 509. The molecule has 1 rings (SSSR count). The van der Waals surface area contributed by atoms with Crippen LogP contribution in [0.2, 0.25) is 5.02 Å². The molecule has 0 heterocycles. The van der Waals surface area contributed by atoms with E-state index in [1.165, 1.54) is 18.9 Å². The maximum absolute atomic E-state index is 11.8. The first-order valence-corrected chi connectivity index (χ1v) is 7.47. The van der Waals surface area contributed by atoms with Crippen LogP contribution >= 0.6 is 23.4 Å². The third-order valence-electron chi connectivity index (χ3n) is 2.48. The SMILES string of the molecule is COc1cc(Cl)c(C)cc1NC(=O)CSCCC(N)=O. The minimum Gasteiger partial charge on any atom is -0.495 e. The van der Waals surface area contributed by atoms with E-state index in [4.69, 9.17) is 22.1 Å². The first-order chi connectivity index (χ1) is 9.43. The highest BCUT2D eigenvalue weighted by Gasteiger charge is 2.10. The Morgan fingerprint density at radius 2 is 2.15 bits per heavy atom. The van der Waals surface area contributed by atoms with Crippen LogP contribution in [-0.4, -0.2) is 30.4 Å². The lowest BCUT2D eigenvalue weighted by atomic mass is 10.2. The standard InChI is InChI=1S/C13H17ClN2O3S/c1-8-5-10(11(19-2)6-9(8)14)16-13(18)7-20-4-3-12(15)17/h5-6H,3-4,7H2,1-2H3,(H2,15,17)(H,16,18). The van der Waals surface area contributed by atoms with Gasteiger partial charge in [-0.1, -0.05) is 11.6 Å². The van der Waals surface area contributed by atoms with Gasteiger partial charge in [-0.3, -0.25) is 9.59 Å². The molecule has 0 fully saturated rings. The van der Waals surface area contributed by atoms with Crippen molar-refractivity contribution in [2.75, 3.05) is 23.9 Å². The van der Waals surface area contributed by atoms with Crippen LogP contribution in [0.1, 0.15) is 12.0 Å². The Balaban J connectivity index is 2.57. The highest BCUT2D eigenvalue weighted by molar-refractivity contribution is 7.99. The summed E-state index contributed by atoms with van der Waals surface area (Å²) >= 11 is 7.34. The predicted octanol–water partition coefficient (Wildman–Crippen LogP) is 2.20. The van der Waals surface area contributed by atoms with Crippen molar-refractivity contribution < 1.29 is 14.3 Å². The maximum atomic E-state index is 11.8. The summed E-state index contributed by atoms with van der Waals surface area (Å²) in [4.78, 5) is 22.4. The largest absolute Gasteiger partial charge is 0.495 e. The molecule has 110 valence electrons. The van der Waals surface area contributed by atoms with Crippen molar-refractivity contribution in [3.05, 3.63) is 22.7 Å². The number of ether oxygens (including phenoxy) is 1. The van der Waals surface area contributed by atoms with Crippen LogP contribution in [-0.2, 0) is 9.59 Å². The minimum absolute atomic E-state index is 0.167. The summed E-state index contributed by atoms with van der Waals surface area (Å²) < 4.78 is 5.17. The van der Waals surface area contributed by atoms with Crippen LogP contribution < -0.4 is 15.8 Å². The molecule has 0 bridgehead atoms. The van der Waals surface area contributed by atoms with Crippen molar-refractivity contribution in [3.8, 4) is 5.75 Å². The maximum Gasteiger partial charge on any atom is 0.234 e. The molecule has 0 aromatic heterocycles. The highest BCUT2D eigenvalue weighted by atomic mass is 35.5. The summed E-state index contributed by atoms with van der Waals surface area (Å²) in [6.45, 7) is 1.85. The summed E-state index contributed by atoms with van der Waals surface area (Å²) in [5.41, 5.74) is 6.45. The van der Waals surface area contributed by atoms with Gasteiger partial charge in [0.1, 0.15) is 5.75 Å². The van der Waals surface area contributed by atoms with Gasteiger partial charge in [0.15, 0.2) is 0 Å². The number of methoxy groups -OCH3 is 1. The summed E-state index contributed by atoms with van der Waals surface area (Å²) in [7, 11) is 1.51. The number of amides is 2. The van der Waals surface area contributed by atoms with Crippen LogP contribution in [0.3, 0.4) is 0 Å². The number of hydrogen-bond acceptors (Lipinski definition) is 4. The normalized spacial score (nSPS) is 10.2. The molecule has 0 atom stereocenters. The molecule has 0 unspecified atom stereocenters. The lowest BCUT2D eigenvalue weighted by Crippen LogP contribution is -2.16. The van der Waals surface area contributed by atoms with Gasteiger partial charge >= 0.3 is 0 Å². The lowest BCUT2D eigenvalue weighted by molar-refractivity contribution is -0.117. The molecule has 0 spiro atoms. The fourth-order valence-electron chi connectivity index (χ4n) is 1.45. The number of hydrogen-bond donors (Lipinski definition) is 2. The van der Waals surface area contributed by atoms with E-state index in [0.29, 0.717) is 22.2 Å². The Labute approximate surface area is 127 Å². The number of benzene rings is 1. The van der Waals surface area contributed by atoms with Gasteiger partial charge in [0.25, 0.3) is 0 Å². The number of thioether (sulfide) groups is 1. The second-order valence-corrected chi connectivity index (χ2v) is 5.63. The van der Waals surface area contributed by atoms with E-state index in [1.807, 2.05) is 6.92 Å². The van der Waals surface area contributed by atoms with E-state index in [1.54, 1.807) is 12.1 Å². The molecule has 0 aliphatic rings. The number of carbonyl (C=O) groups is 2. The van der Waals surface area contributed by atoms with Gasteiger partial charge < -0.3 is 15.8 Å². The van der Waals surface area contributed by atoms with Crippen molar-refractivity contribution in [1.82, 2.24) is 0 Å². The Kier molecular flexibility index (Phi) is 6.67. The topological polar surface area (TPSA) is 81.4 Å². The number of anilines is 1. The molecule has 1 aromatic rings. The van der Waals surface area contributed by atoms with Gasteiger partial charge in [-0.15, -0.1) is 0 Å². The smallest absolute Gasteiger partial charge is 0.234 e. The predicted molar refractivity (Wildman–Crippen MR) is 82.5 cm³/mol. The van der Waals surface area contributed by atoms with E-state index in [9.17, 15) is 9.59 Å². The average molecular weight is 317 g/mol. The second-order valence-electron chi connectivity index (χ2n) is 4.12. The number of halogens is 1. The number of carbonyl (C=O) groups excluding carboxylic acids is 2. The number of rotatable bonds is 7. The second kappa shape index (κ2) is 8.01. The summed E-state index contributed by atoms with van der Waals surface area (Å²) in [6, 6.07) is 3.42. The zero-order chi connectivity index (χ0) is 15.1. The quantitative estimate of drug-likeness (QED) is 0.756. The molecule has 0 aliphatic carbocycles. The van der Waals surface area contributed by atoms with Gasteiger partial charge in [0.2, 0.25) is 11.8 Å². The zero-order valence-electron chi connectivity index (χ0n) is 11.4. The van der Waals surface area contributed by atoms with Crippen LogP contribution in [0.25, 0.3) is 0 Å².